The summed E-state index contributed by atoms with van der Waals surface area (Å²) >= 11 is 3.19. The fourth-order valence-electron chi connectivity index (χ4n) is 0.877. The van der Waals surface area contributed by atoms with Crippen LogP contribution >= 0.6 is 15.9 Å². The summed E-state index contributed by atoms with van der Waals surface area (Å²) in [5, 5.41) is 0. The minimum atomic E-state index is 0. The third kappa shape index (κ3) is 10.7. The number of hydrogen-bond donors (Lipinski definition) is 0. The second-order valence-electron chi connectivity index (χ2n) is 3.18. The topological polar surface area (TPSA) is 94.4 Å². The van der Waals surface area contributed by atoms with E-state index in [0.29, 0.717) is 11.8 Å². The van der Waals surface area contributed by atoms with Crippen LogP contribution in [0.15, 0.2) is 60.6 Å². The molecule has 0 bridgehead atoms. The van der Waals surface area contributed by atoms with Gasteiger partial charge in [-0.1, -0.05) is 0 Å². The number of carbonyl (C=O) groups is 1. The van der Waals surface area contributed by atoms with Gasteiger partial charge in [0.2, 0.25) is 0 Å². The van der Waals surface area contributed by atoms with Crippen molar-refractivity contribution in [2.75, 3.05) is 0 Å². The first kappa shape index (κ1) is 20.0. The van der Waals surface area contributed by atoms with Crippen molar-refractivity contribution in [1.82, 2.24) is 29.9 Å². The van der Waals surface area contributed by atoms with Crippen molar-refractivity contribution in [2.24, 2.45) is 0 Å². The van der Waals surface area contributed by atoms with Gasteiger partial charge in [-0.2, -0.15) is 0 Å². The summed E-state index contributed by atoms with van der Waals surface area (Å²) in [6.07, 6.45) is 14.5. The zero-order valence-electron chi connectivity index (χ0n) is 11.7. The van der Waals surface area contributed by atoms with Crippen molar-refractivity contribution < 1.29 is 23.7 Å². The first-order chi connectivity index (χ1) is 10.3. The Morgan fingerprint density at radius 3 is 1.50 bits per heavy atom. The molecule has 0 aliphatic heterocycles. The Morgan fingerprint density at radius 2 is 1.27 bits per heavy atom. The third-order valence-electron chi connectivity index (χ3n) is 1.68. The van der Waals surface area contributed by atoms with Gasteiger partial charge in [0, 0.05) is 24.8 Å². The Hall–Kier alpha value is -2.01. The predicted octanol–water partition coefficient (Wildman–Crippen LogP) is -1.19. The summed E-state index contributed by atoms with van der Waals surface area (Å²) in [5.41, 5.74) is 0.507. The van der Waals surface area contributed by atoms with Gasteiger partial charge < -0.3 is 6.07 Å². The largest absolute Gasteiger partial charge is 1.00 e. The van der Waals surface area contributed by atoms with E-state index in [1.54, 1.807) is 24.8 Å². The molecule has 0 aliphatic rings. The van der Waals surface area contributed by atoms with E-state index in [2.05, 4.69) is 51.9 Å². The van der Waals surface area contributed by atoms with Gasteiger partial charge in [-0.15, -0.1) is 12.4 Å². The Morgan fingerprint density at radius 1 is 0.818 bits per heavy atom. The van der Waals surface area contributed by atoms with E-state index < -0.39 is 0 Å². The van der Waals surface area contributed by atoms with Gasteiger partial charge in [-0.05, 0) is 15.9 Å². The van der Waals surface area contributed by atoms with Gasteiger partial charge in [0.25, 0.3) is 0 Å². The van der Waals surface area contributed by atoms with Crippen molar-refractivity contribution in [2.45, 2.75) is 0 Å². The van der Waals surface area contributed by atoms with Crippen molar-refractivity contribution >= 4 is 22.2 Å². The van der Waals surface area contributed by atoms with Crippen molar-refractivity contribution in [3.63, 3.8) is 0 Å². The molecule has 0 amide bonds. The second-order valence-corrected chi connectivity index (χ2v) is 4.10. The zero-order chi connectivity index (χ0) is 15.2. The average molecular weight is 353 g/mol. The molecule has 0 N–H and O–H groups in total. The smallest absolute Gasteiger partial charge is 0.434 e. The molecule has 0 fully saturated rings. The molecule has 0 radical (unpaired) electrons. The van der Waals surface area contributed by atoms with Crippen LogP contribution in [0.4, 0.5) is 0 Å². The molecule has 0 unspecified atom stereocenters. The minimum absolute atomic E-state index is 0. The molecule has 3 heterocycles. The fourth-order valence-corrected chi connectivity index (χ4v) is 1.11. The number of hydrogen-bond acceptors (Lipinski definition) is 7. The predicted molar refractivity (Wildman–Crippen MR) is 78.0 cm³/mol. The van der Waals surface area contributed by atoms with Crippen LogP contribution in [0.3, 0.4) is 0 Å². The molecule has 106 valence electrons. The number of carbonyl (C=O) groups excluding carboxylic acids is 1. The number of halogens is 1. The molecule has 0 atom stereocenters. The van der Waals surface area contributed by atoms with E-state index in [0.717, 1.165) is 4.47 Å². The van der Waals surface area contributed by atoms with Gasteiger partial charge in [-0.25, -0.2) is 19.9 Å². The first-order valence-electron chi connectivity index (χ1n) is 5.54. The molecule has 22 heavy (non-hydrogen) atoms. The molecular formula is C13H10BrLiN6O. The van der Waals surface area contributed by atoms with Gasteiger partial charge in [-0.3, -0.25) is 14.8 Å². The van der Waals surface area contributed by atoms with E-state index in [1.165, 1.54) is 31.4 Å². The third-order valence-corrected chi connectivity index (χ3v) is 2.09. The molecule has 3 aromatic rings. The monoisotopic (exact) mass is 352 g/mol. The summed E-state index contributed by atoms with van der Waals surface area (Å²) in [4.78, 5) is 31.8. The van der Waals surface area contributed by atoms with E-state index in [9.17, 15) is 4.79 Å². The average Bonchev–Trinajstić information content (AvgIpc) is 2.59. The molecule has 0 aliphatic carbocycles. The molecule has 9 heteroatoms. The summed E-state index contributed by atoms with van der Waals surface area (Å²) in [6, 6.07) is 2.67. The summed E-state index contributed by atoms with van der Waals surface area (Å²) in [6.45, 7) is 0. The standard InChI is InChI=1S/C5H4N2O.C4H3BrN2.C4H3N2.Li/c8-3-5-1-6-4-7-2-5;5-4-1-6-3-7-2-4;1-2-5-4-6-3-1;/h1-4H;1-3H;2-4H;/q;;-1;+1. The molecule has 7 nitrogen and oxygen atoms in total. The van der Waals surface area contributed by atoms with Gasteiger partial charge in [0.05, 0.1) is 10.0 Å². The minimum Gasteiger partial charge on any atom is -0.434 e. The first-order valence-corrected chi connectivity index (χ1v) is 6.34. The Labute approximate surface area is 148 Å². The maximum absolute atomic E-state index is 9.93. The van der Waals surface area contributed by atoms with Crippen LogP contribution in [-0.4, -0.2) is 36.2 Å². The van der Waals surface area contributed by atoms with E-state index in [-0.39, 0.29) is 18.9 Å². The zero-order valence-corrected chi connectivity index (χ0v) is 13.3. The Kier molecular flexibility index (Phi) is 12.7. The second kappa shape index (κ2) is 13.9. The Bertz CT molecular complexity index is 576. The van der Waals surface area contributed by atoms with Crippen LogP contribution in [0.5, 0.6) is 0 Å². The van der Waals surface area contributed by atoms with Crippen LogP contribution in [0.2, 0.25) is 0 Å². The molecular weight excluding hydrogens is 343 g/mol. The summed E-state index contributed by atoms with van der Waals surface area (Å²) in [7, 11) is 0. The van der Waals surface area contributed by atoms with E-state index in [1.807, 2.05) is 0 Å². The van der Waals surface area contributed by atoms with Crippen molar-refractivity contribution in [1.29, 1.82) is 0 Å². The SMILES string of the molecule is Brc1cncnc1.O=Cc1cncnc1.[Li+].[c-]1cncnc1. The summed E-state index contributed by atoms with van der Waals surface area (Å²) < 4.78 is 0.912. The maximum atomic E-state index is 9.93. The molecule has 0 saturated heterocycles. The van der Waals surface area contributed by atoms with Crippen LogP contribution in [0, 0.1) is 6.07 Å². The van der Waals surface area contributed by atoms with Gasteiger partial charge in [0.1, 0.15) is 19.0 Å². The molecule has 0 spiro atoms. The number of nitrogens with zero attached hydrogens (tertiary/aromatic N) is 6. The fraction of sp³-hybridized carbons (Fsp3) is 0. The van der Waals surface area contributed by atoms with E-state index in [4.69, 9.17) is 0 Å². The van der Waals surface area contributed by atoms with Crippen molar-refractivity contribution in [3.05, 3.63) is 72.3 Å². The quantitative estimate of drug-likeness (QED) is 0.308. The molecule has 0 saturated carbocycles. The van der Waals surface area contributed by atoms with Crippen LogP contribution < -0.4 is 18.9 Å². The van der Waals surface area contributed by atoms with E-state index >= 15 is 0 Å². The maximum Gasteiger partial charge on any atom is 1.00 e. The van der Waals surface area contributed by atoms with Gasteiger partial charge in [0.15, 0.2) is 6.29 Å². The number of aldehydes is 1. The number of aromatic nitrogens is 6. The summed E-state index contributed by atoms with van der Waals surface area (Å²) in [5.74, 6) is 0. The van der Waals surface area contributed by atoms with Crippen LogP contribution in [0.1, 0.15) is 10.4 Å². The normalized spacial score (nSPS) is 8.05. The van der Waals surface area contributed by atoms with Crippen molar-refractivity contribution in [3.8, 4) is 0 Å². The molecule has 0 aromatic carbocycles. The van der Waals surface area contributed by atoms with Crippen LogP contribution in [0.25, 0.3) is 0 Å². The van der Waals surface area contributed by atoms with Crippen LogP contribution in [-0.2, 0) is 0 Å². The molecule has 3 aromatic heterocycles. The molecule has 3 rings (SSSR count). The van der Waals surface area contributed by atoms with Gasteiger partial charge >= 0.3 is 18.9 Å². The Balaban J connectivity index is 0.000000297. The number of rotatable bonds is 1.